The molecule has 6 heteroatoms. The fourth-order valence-corrected chi connectivity index (χ4v) is 2.58. The number of aryl methyl sites for hydroxylation is 2. The van der Waals surface area contributed by atoms with Crippen LogP contribution < -0.4 is 15.4 Å². The van der Waals surface area contributed by atoms with Gasteiger partial charge in [-0.25, -0.2) is 4.98 Å². The maximum Gasteiger partial charge on any atom is 0.226 e. The van der Waals surface area contributed by atoms with Crippen molar-refractivity contribution in [2.45, 2.75) is 20.4 Å². The van der Waals surface area contributed by atoms with E-state index in [0.29, 0.717) is 31.5 Å². The largest absolute Gasteiger partial charge is 0.492 e. The number of benzene rings is 2. The molecule has 0 saturated carbocycles. The third kappa shape index (κ3) is 5.61. The van der Waals surface area contributed by atoms with E-state index in [1.54, 1.807) is 13.3 Å². The molecular formula is C22H26N4O2. The zero-order chi connectivity index (χ0) is 19.8. The van der Waals surface area contributed by atoms with Crippen molar-refractivity contribution in [2.75, 3.05) is 20.2 Å². The second-order valence-corrected chi connectivity index (χ2v) is 6.52. The highest BCUT2D eigenvalue weighted by Gasteiger charge is 2.07. The molecule has 0 amide bonds. The van der Waals surface area contributed by atoms with Gasteiger partial charge in [-0.2, -0.15) is 0 Å². The van der Waals surface area contributed by atoms with E-state index < -0.39 is 0 Å². The first kappa shape index (κ1) is 19.5. The molecule has 0 fully saturated rings. The first-order valence-corrected chi connectivity index (χ1v) is 9.29. The molecule has 3 rings (SSSR count). The molecule has 1 heterocycles. The zero-order valence-corrected chi connectivity index (χ0v) is 16.5. The Morgan fingerprint density at radius 3 is 2.36 bits per heavy atom. The average Bonchev–Trinajstić information content (AvgIpc) is 3.18. The molecule has 28 heavy (non-hydrogen) atoms. The molecule has 0 radical (unpaired) electrons. The summed E-state index contributed by atoms with van der Waals surface area (Å²) >= 11 is 0. The van der Waals surface area contributed by atoms with Crippen LogP contribution in [0.5, 0.6) is 5.75 Å². The van der Waals surface area contributed by atoms with Crippen molar-refractivity contribution in [3.8, 4) is 17.2 Å². The fourth-order valence-electron chi connectivity index (χ4n) is 2.58. The lowest BCUT2D eigenvalue weighted by atomic mass is 10.1. The van der Waals surface area contributed by atoms with Gasteiger partial charge < -0.3 is 19.8 Å². The van der Waals surface area contributed by atoms with Crippen molar-refractivity contribution in [3.05, 3.63) is 71.6 Å². The second-order valence-electron chi connectivity index (χ2n) is 6.52. The van der Waals surface area contributed by atoms with Crippen molar-refractivity contribution < 1.29 is 9.15 Å². The highest BCUT2D eigenvalue weighted by atomic mass is 16.5. The molecule has 0 atom stereocenters. The minimum Gasteiger partial charge on any atom is -0.492 e. The van der Waals surface area contributed by atoms with Crippen LogP contribution in [0.3, 0.4) is 0 Å². The molecule has 2 N–H and O–H groups in total. The predicted octanol–water partition coefficient (Wildman–Crippen LogP) is 3.70. The molecule has 0 bridgehead atoms. The third-order valence-electron chi connectivity index (χ3n) is 4.20. The van der Waals surface area contributed by atoms with Gasteiger partial charge in [0.1, 0.15) is 18.6 Å². The summed E-state index contributed by atoms with van der Waals surface area (Å²) in [5.41, 5.74) is 4.20. The Kier molecular flexibility index (Phi) is 6.68. The van der Waals surface area contributed by atoms with E-state index in [1.165, 1.54) is 11.1 Å². The van der Waals surface area contributed by atoms with Crippen LogP contribution in [0.4, 0.5) is 0 Å². The van der Waals surface area contributed by atoms with E-state index >= 15 is 0 Å². The number of oxazole rings is 1. The lowest BCUT2D eigenvalue weighted by Gasteiger charge is -2.11. The van der Waals surface area contributed by atoms with Crippen LogP contribution in [0.15, 0.2) is 64.2 Å². The van der Waals surface area contributed by atoms with Gasteiger partial charge in [-0.1, -0.05) is 35.4 Å². The van der Waals surface area contributed by atoms with Gasteiger partial charge in [-0.15, -0.1) is 0 Å². The first-order chi connectivity index (χ1) is 13.6. The van der Waals surface area contributed by atoms with E-state index in [-0.39, 0.29) is 0 Å². The van der Waals surface area contributed by atoms with Gasteiger partial charge in [0.2, 0.25) is 5.89 Å². The average molecular weight is 378 g/mol. The standard InChI is InChI=1S/C22H26N4O2/c1-16-4-8-18(9-5-16)21-26-19(15-28-21)14-25-22(23-3)24-12-13-27-20-10-6-17(2)7-11-20/h4-11,15H,12-14H2,1-3H3,(H2,23,24,25). The van der Waals surface area contributed by atoms with Gasteiger partial charge >= 0.3 is 0 Å². The van der Waals surface area contributed by atoms with Crippen LogP contribution >= 0.6 is 0 Å². The zero-order valence-electron chi connectivity index (χ0n) is 16.5. The summed E-state index contributed by atoms with van der Waals surface area (Å²) in [6, 6.07) is 16.1. The molecule has 0 saturated heterocycles. The number of hydrogen-bond donors (Lipinski definition) is 2. The molecule has 6 nitrogen and oxygen atoms in total. The SMILES string of the molecule is CN=C(NCCOc1ccc(C)cc1)NCc1coc(-c2ccc(C)cc2)n1. The summed E-state index contributed by atoms with van der Waals surface area (Å²) in [5.74, 6) is 2.17. The third-order valence-corrected chi connectivity index (χ3v) is 4.20. The van der Waals surface area contributed by atoms with Gasteiger partial charge in [-0.3, -0.25) is 4.99 Å². The van der Waals surface area contributed by atoms with Gasteiger partial charge in [0, 0.05) is 12.6 Å². The Hall–Kier alpha value is -3.28. The maximum atomic E-state index is 5.71. The van der Waals surface area contributed by atoms with E-state index in [0.717, 1.165) is 17.0 Å². The van der Waals surface area contributed by atoms with E-state index in [4.69, 9.17) is 9.15 Å². The van der Waals surface area contributed by atoms with Crippen LogP contribution in [0.1, 0.15) is 16.8 Å². The topological polar surface area (TPSA) is 71.7 Å². The monoisotopic (exact) mass is 378 g/mol. The highest BCUT2D eigenvalue weighted by Crippen LogP contribution is 2.19. The molecule has 0 aliphatic rings. The van der Waals surface area contributed by atoms with Crippen molar-refractivity contribution in [3.63, 3.8) is 0 Å². The Morgan fingerprint density at radius 1 is 1.00 bits per heavy atom. The number of guanidine groups is 1. The molecule has 1 aromatic heterocycles. The molecule has 2 aromatic carbocycles. The van der Waals surface area contributed by atoms with E-state index in [1.807, 2.05) is 48.5 Å². The molecule has 146 valence electrons. The maximum absolute atomic E-state index is 5.71. The summed E-state index contributed by atoms with van der Waals surface area (Å²) in [4.78, 5) is 8.74. The van der Waals surface area contributed by atoms with Crippen molar-refractivity contribution >= 4 is 5.96 Å². The summed E-state index contributed by atoms with van der Waals surface area (Å²) in [6.45, 7) is 5.82. The minimum absolute atomic E-state index is 0.522. The van der Waals surface area contributed by atoms with Gasteiger partial charge in [-0.05, 0) is 38.1 Å². The lowest BCUT2D eigenvalue weighted by molar-refractivity contribution is 0.322. The predicted molar refractivity (Wildman–Crippen MR) is 112 cm³/mol. The molecule has 0 spiro atoms. The minimum atomic E-state index is 0.522. The second kappa shape index (κ2) is 9.60. The normalized spacial score (nSPS) is 11.3. The number of aromatic nitrogens is 1. The van der Waals surface area contributed by atoms with E-state index in [2.05, 4.69) is 34.5 Å². The summed E-state index contributed by atoms with van der Waals surface area (Å²) in [6.07, 6.45) is 1.66. The molecule has 3 aromatic rings. The van der Waals surface area contributed by atoms with Crippen molar-refractivity contribution in [1.29, 1.82) is 0 Å². The van der Waals surface area contributed by atoms with Crippen LogP contribution in [0.25, 0.3) is 11.5 Å². The number of nitrogens with one attached hydrogen (secondary N) is 2. The number of nitrogens with zero attached hydrogens (tertiary/aromatic N) is 2. The number of ether oxygens (including phenoxy) is 1. The van der Waals surface area contributed by atoms with E-state index in [9.17, 15) is 0 Å². The van der Waals surface area contributed by atoms with Crippen LogP contribution in [0.2, 0.25) is 0 Å². The molecular weight excluding hydrogens is 352 g/mol. The van der Waals surface area contributed by atoms with Crippen molar-refractivity contribution in [2.24, 2.45) is 4.99 Å². The van der Waals surface area contributed by atoms with Gasteiger partial charge in [0.25, 0.3) is 0 Å². The first-order valence-electron chi connectivity index (χ1n) is 9.29. The Bertz CT molecular complexity index is 899. The smallest absolute Gasteiger partial charge is 0.226 e. The Morgan fingerprint density at radius 2 is 1.68 bits per heavy atom. The summed E-state index contributed by atoms with van der Waals surface area (Å²) < 4.78 is 11.3. The lowest BCUT2D eigenvalue weighted by Crippen LogP contribution is -2.38. The van der Waals surface area contributed by atoms with Gasteiger partial charge in [0.15, 0.2) is 5.96 Å². The number of hydrogen-bond acceptors (Lipinski definition) is 4. The Balaban J connectivity index is 1.42. The molecule has 0 unspecified atom stereocenters. The highest BCUT2D eigenvalue weighted by molar-refractivity contribution is 5.79. The molecule has 0 aliphatic heterocycles. The van der Waals surface area contributed by atoms with Crippen LogP contribution in [-0.2, 0) is 6.54 Å². The summed E-state index contributed by atoms with van der Waals surface area (Å²) in [5, 5.41) is 6.45. The van der Waals surface area contributed by atoms with Crippen molar-refractivity contribution in [1.82, 2.24) is 15.6 Å². The number of aliphatic imine (C=N–C) groups is 1. The Labute approximate surface area is 165 Å². The van der Waals surface area contributed by atoms with Crippen LogP contribution in [-0.4, -0.2) is 31.1 Å². The van der Waals surface area contributed by atoms with Gasteiger partial charge in [0.05, 0.1) is 18.8 Å². The van der Waals surface area contributed by atoms with Crippen LogP contribution in [0, 0.1) is 13.8 Å². The summed E-state index contributed by atoms with van der Waals surface area (Å²) in [7, 11) is 1.73. The quantitative estimate of drug-likeness (QED) is 0.373. The molecule has 0 aliphatic carbocycles. The number of rotatable bonds is 7. The fraction of sp³-hybridized carbons (Fsp3) is 0.273.